The van der Waals surface area contributed by atoms with Crippen molar-refractivity contribution in [3.05, 3.63) is 35.4 Å². The van der Waals surface area contributed by atoms with Gasteiger partial charge in [0.05, 0.1) is 5.56 Å². The molecule has 0 saturated carbocycles. The van der Waals surface area contributed by atoms with Crippen molar-refractivity contribution in [1.82, 2.24) is 0 Å². The van der Waals surface area contributed by atoms with Gasteiger partial charge in [-0.15, -0.1) is 11.6 Å². The molecule has 0 heterocycles. The monoisotopic (exact) mass is 211 g/mol. The fourth-order valence-corrected chi connectivity index (χ4v) is 1.12. The first kappa shape index (κ1) is 10.6. The Bertz CT molecular complexity index is 374. The molecule has 0 radical (unpaired) electrons. The molecule has 0 saturated heterocycles. The summed E-state index contributed by atoms with van der Waals surface area (Å²) in [4.78, 5) is 10.9. The fourth-order valence-electron chi connectivity index (χ4n) is 1.04. The van der Waals surface area contributed by atoms with Crippen molar-refractivity contribution in [1.29, 1.82) is 0 Å². The number of hydrogen-bond donors (Lipinski definition) is 2. The maximum atomic E-state index is 10.9. The lowest BCUT2D eigenvalue weighted by Gasteiger charge is -2.01. The van der Waals surface area contributed by atoms with E-state index in [9.17, 15) is 9.90 Å². The third kappa shape index (κ3) is 2.50. The molecule has 0 aromatic heterocycles. The number of hydrogen-bond acceptors (Lipinski definition) is 2. The molecule has 74 valence electrons. The SMILES string of the molecule is NC(=O)c1cc(C=CCCl)ccc1O. The predicted molar refractivity (Wildman–Crippen MR) is 56.4 cm³/mol. The third-order valence-electron chi connectivity index (χ3n) is 1.69. The zero-order valence-corrected chi connectivity index (χ0v) is 8.16. The van der Waals surface area contributed by atoms with Gasteiger partial charge >= 0.3 is 0 Å². The maximum absolute atomic E-state index is 10.9. The Morgan fingerprint density at radius 2 is 2.29 bits per heavy atom. The Labute approximate surface area is 86.8 Å². The number of carbonyl (C=O) groups excluding carboxylic acids is 1. The average molecular weight is 212 g/mol. The van der Waals surface area contributed by atoms with Crippen molar-refractivity contribution in [3.8, 4) is 5.75 Å². The first-order chi connectivity index (χ1) is 6.65. The average Bonchev–Trinajstić information content (AvgIpc) is 2.16. The lowest BCUT2D eigenvalue weighted by atomic mass is 10.1. The molecule has 3 N–H and O–H groups in total. The summed E-state index contributed by atoms with van der Waals surface area (Å²) in [7, 11) is 0. The van der Waals surface area contributed by atoms with Crippen LogP contribution in [0.4, 0.5) is 0 Å². The number of amides is 1. The highest BCUT2D eigenvalue weighted by atomic mass is 35.5. The molecule has 1 aromatic carbocycles. The summed E-state index contributed by atoms with van der Waals surface area (Å²) in [5.74, 6) is -0.364. The third-order valence-corrected chi connectivity index (χ3v) is 1.86. The minimum Gasteiger partial charge on any atom is -0.507 e. The summed E-state index contributed by atoms with van der Waals surface area (Å²) in [5.41, 5.74) is 5.95. The van der Waals surface area contributed by atoms with Crippen molar-refractivity contribution >= 4 is 23.6 Å². The van der Waals surface area contributed by atoms with Crippen LogP contribution in [-0.4, -0.2) is 16.9 Å². The first-order valence-corrected chi connectivity index (χ1v) is 4.54. The summed E-state index contributed by atoms with van der Waals surface area (Å²) in [5, 5.41) is 9.28. The van der Waals surface area contributed by atoms with Crippen LogP contribution < -0.4 is 5.73 Å². The van der Waals surface area contributed by atoms with Crippen LogP contribution in [0.2, 0.25) is 0 Å². The van der Waals surface area contributed by atoms with Crippen LogP contribution in [0.15, 0.2) is 24.3 Å². The van der Waals surface area contributed by atoms with Gasteiger partial charge in [0, 0.05) is 5.88 Å². The number of halogens is 1. The molecule has 14 heavy (non-hydrogen) atoms. The van der Waals surface area contributed by atoms with Gasteiger partial charge in [0.15, 0.2) is 0 Å². The number of primary amides is 1. The van der Waals surface area contributed by atoms with Crippen molar-refractivity contribution in [3.63, 3.8) is 0 Å². The highest BCUT2D eigenvalue weighted by Gasteiger charge is 2.06. The minimum atomic E-state index is -0.649. The smallest absolute Gasteiger partial charge is 0.252 e. The van der Waals surface area contributed by atoms with E-state index in [1.807, 2.05) is 0 Å². The molecule has 0 fully saturated rings. The van der Waals surface area contributed by atoms with E-state index in [4.69, 9.17) is 17.3 Å². The summed E-state index contributed by atoms with van der Waals surface area (Å²) >= 11 is 5.46. The van der Waals surface area contributed by atoms with E-state index < -0.39 is 5.91 Å². The van der Waals surface area contributed by atoms with E-state index >= 15 is 0 Å². The van der Waals surface area contributed by atoms with Crippen molar-refractivity contribution in [2.45, 2.75) is 0 Å². The molecule has 0 unspecified atom stereocenters. The Balaban J connectivity index is 3.06. The largest absolute Gasteiger partial charge is 0.507 e. The van der Waals surface area contributed by atoms with Crippen LogP contribution in [0.5, 0.6) is 5.75 Å². The van der Waals surface area contributed by atoms with Gasteiger partial charge in [0.25, 0.3) is 5.91 Å². The second-order valence-electron chi connectivity index (χ2n) is 2.70. The molecule has 1 aromatic rings. The molecule has 0 spiro atoms. The molecule has 0 atom stereocenters. The van der Waals surface area contributed by atoms with E-state index in [1.165, 1.54) is 12.1 Å². The topological polar surface area (TPSA) is 63.3 Å². The van der Waals surface area contributed by atoms with Gasteiger partial charge < -0.3 is 10.8 Å². The molecule has 1 amide bonds. The van der Waals surface area contributed by atoms with Gasteiger partial charge in [-0.25, -0.2) is 0 Å². The van der Waals surface area contributed by atoms with Gasteiger partial charge in [0.2, 0.25) is 0 Å². The van der Waals surface area contributed by atoms with E-state index in [0.717, 1.165) is 5.56 Å². The number of nitrogens with two attached hydrogens (primary N) is 1. The van der Waals surface area contributed by atoms with Crippen LogP contribution in [0.25, 0.3) is 6.08 Å². The standard InChI is InChI=1S/C10H10ClNO2/c11-5-1-2-7-3-4-9(13)8(6-7)10(12)14/h1-4,6,13H,5H2,(H2,12,14). The van der Waals surface area contributed by atoms with E-state index in [2.05, 4.69) is 0 Å². The Kier molecular flexibility index (Phi) is 3.54. The Morgan fingerprint density at radius 1 is 1.57 bits per heavy atom. The molecule has 4 heteroatoms. The summed E-state index contributed by atoms with van der Waals surface area (Å²) < 4.78 is 0. The molecule has 0 aliphatic heterocycles. The fraction of sp³-hybridized carbons (Fsp3) is 0.100. The molecule has 1 rings (SSSR count). The molecule has 0 bridgehead atoms. The minimum absolute atomic E-state index is 0.111. The number of rotatable bonds is 3. The van der Waals surface area contributed by atoms with E-state index in [0.29, 0.717) is 5.88 Å². The molecule has 0 aliphatic carbocycles. The van der Waals surface area contributed by atoms with Gasteiger partial charge in [-0.1, -0.05) is 18.2 Å². The van der Waals surface area contributed by atoms with Gasteiger partial charge in [0.1, 0.15) is 5.75 Å². The van der Waals surface area contributed by atoms with Crippen molar-refractivity contribution in [2.75, 3.05) is 5.88 Å². The second kappa shape index (κ2) is 4.67. The normalized spacial score (nSPS) is 10.6. The Morgan fingerprint density at radius 3 is 2.86 bits per heavy atom. The highest BCUT2D eigenvalue weighted by Crippen LogP contribution is 2.18. The Hall–Kier alpha value is -1.48. The molecular weight excluding hydrogens is 202 g/mol. The molecular formula is C10H10ClNO2. The van der Waals surface area contributed by atoms with Gasteiger partial charge in [-0.2, -0.15) is 0 Å². The van der Waals surface area contributed by atoms with Crippen LogP contribution in [-0.2, 0) is 0 Å². The number of carbonyl (C=O) groups is 1. The highest BCUT2D eigenvalue weighted by molar-refractivity contribution is 6.19. The van der Waals surface area contributed by atoms with Crippen LogP contribution in [0, 0.1) is 0 Å². The van der Waals surface area contributed by atoms with Crippen LogP contribution >= 0.6 is 11.6 Å². The van der Waals surface area contributed by atoms with Crippen LogP contribution in [0.3, 0.4) is 0 Å². The van der Waals surface area contributed by atoms with Crippen molar-refractivity contribution in [2.24, 2.45) is 5.73 Å². The molecule has 0 aliphatic rings. The van der Waals surface area contributed by atoms with E-state index in [-0.39, 0.29) is 11.3 Å². The number of aromatic hydroxyl groups is 1. The summed E-state index contributed by atoms with van der Waals surface area (Å²) in [6.45, 7) is 0. The van der Waals surface area contributed by atoms with E-state index in [1.54, 1.807) is 18.2 Å². The van der Waals surface area contributed by atoms with Crippen LogP contribution in [0.1, 0.15) is 15.9 Å². The van der Waals surface area contributed by atoms with Gasteiger partial charge in [-0.3, -0.25) is 4.79 Å². The zero-order chi connectivity index (χ0) is 10.6. The number of alkyl halides is 1. The predicted octanol–water partition coefficient (Wildman–Crippen LogP) is 1.74. The van der Waals surface area contributed by atoms with Crippen molar-refractivity contribution < 1.29 is 9.90 Å². The zero-order valence-electron chi connectivity index (χ0n) is 7.40. The lowest BCUT2D eigenvalue weighted by molar-refractivity contribution is 0.0998. The maximum Gasteiger partial charge on any atom is 0.252 e. The molecule has 3 nitrogen and oxygen atoms in total. The summed E-state index contributed by atoms with van der Waals surface area (Å²) in [6.07, 6.45) is 3.48. The van der Waals surface area contributed by atoms with Gasteiger partial charge in [-0.05, 0) is 17.7 Å². The number of phenols is 1. The first-order valence-electron chi connectivity index (χ1n) is 4.00. The number of benzene rings is 1. The lowest BCUT2D eigenvalue weighted by Crippen LogP contribution is -2.11. The second-order valence-corrected chi connectivity index (χ2v) is 3.01. The summed E-state index contributed by atoms with van der Waals surface area (Å²) in [6, 6.07) is 4.61. The quantitative estimate of drug-likeness (QED) is 0.749. The number of allylic oxidation sites excluding steroid dienone is 1.